The number of nitrogens with one attached hydrogen (secondary N) is 1. The summed E-state index contributed by atoms with van der Waals surface area (Å²) in [6, 6.07) is 4.18. The minimum atomic E-state index is 0.789. The van der Waals surface area contributed by atoms with Crippen LogP contribution in [0, 0.1) is 18.8 Å². The van der Waals surface area contributed by atoms with Gasteiger partial charge >= 0.3 is 0 Å². The lowest BCUT2D eigenvalue weighted by Crippen LogP contribution is -2.31. The highest BCUT2D eigenvalue weighted by Crippen LogP contribution is 2.39. The van der Waals surface area contributed by atoms with Crippen LogP contribution in [0.5, 0.6) is 0 Å². The third kappa shape index (κ3) is 2.25. The van der Waals surface area contributed by atoms with Crippen LogP contribution in [0.3, 0.4) is 0 Å². The molecule has 0 radical (unpaired) electrons. The number of halogens is 1. The molecule has 18 heavy (non-hydrogen) atoms. The number of aryl methyl sites for hydroxylation is 1. The molecule has 0 spiro atoms. The molecule has 0 bridgehead atoms. The lowest BCUT2D eigenvalue weighted by Gasteiger charge is -2.35. The van der Waals surface area contributed by atoms with Gasteiger partial charge in [-0.15, -0.1) is 0 Å². The van der Waals surface area contributed by atoms with Gasteiger partial charge in [-0.05, 0) is 42.4 Å². The Morgan fingerprint density at radius 1 is 1.11 bits per heavy atom. The van der Waals surface area contributed by atoms with Crippen LogP contribution >= 0.6 is 11.6 Å². The predicted octanol–water partition coefficient (Wildman–Crippen LogP) is 4.81. The summed E-state index contributed by atoms with van der Waals surface area (Å²) in [5, 5.41) is 4.58. The molecule has 0 aromatic heterocycles. The number of anilines is 1. The summed E-state index contributed by atoms with van der Waals surface area (Å²) in [5.74, 6) is 1.70. The molecule has 1 heterocycles. The van der Waals surface area contributed by atoms with Crippen molar-refractivity contribution in [3.63, 3.8) is 0 Å². The third-order valence-electron chi connectivity index (χ3n) is 4.79. The Balaban J connectivity index is 1.82. The zero-order valence-electron chi connectivity index (χ0n) is 11.1. The molecule has 2 heteroatoms. The van der Waals surface area contributed by atoms with Gasteiger partial charge in [-0.25, -0.2) is 0 Å². The van der Waals surface area contributed by atoms with E-state index in [1.54, 1.807) is 0 Å². The van der Waals surface area contributed by atoms with E-state index in [9.17, 15) is 0 Å². The quantitative estimate of drug-likeness (QED) is 0.767. The molecule has 98 valence electrons. The van der Waals surface area contributed by atoms with Crippen molar-refractivity contribution in [3.8, 4) is 0 Å². The summed E-state index contributed by atoms with van der Waals surface area (Å²) < 4.78 is 0. The number of benzene rings is 1. The molecule has 0 amide bonds. The number of rotatable bonds is 1. The summed E-state index contributed by atoms with van der Waals surface area (Å²) in [6.07, 6.45) is 8.31. The van der Waals surface area contributed by atoms with Crippen molar-refractivity contribution in [3.05, 3.63) is 28.3 Å². The fourth-order valence-corrected chi connectivity index (χ4v) is 3.93. The zero-order chi connectivity index (χ0) is 12.5. The first-order valence-corrected chi connectivity index (χ1v) is 7.65. The maximum Gasteiger partial charge on any atom is 0.0458 e. The third-order valence-corrected chi connectivity index (χ3v) is 5.14. The molecule has 1 aromatic carbocycles. The van der Waals surface area contributed by atoms with Gasteiger partial charge < -0.3 is 5.32 Å². The zero-order valence-corrected chi connectivity index (χ0v) is 11.9. The predicted molar refractivity (Wildman–Crippen MR) is 78.4 cm³/mol. The molecular formula is C16H22ClN. The van der Waals surface area contributed by atoms with E-state index in [4.69, 9.17) is 11.6 Å². The summed E-state index contributed by atoms with van der Waals surface area (Å²) in [7, 11) is 0. The molecular weight excluding hydrogens is 242 g/mol. The highest BCUT2D eigenvalue weighted by molar-refractivity contribution is 6.31. The first-order valence-electron chi connectivity index (χ1n) is 7.27. The topological polar surface area (TPSA) is 12.0 Å². The van der Waals surface area contributed by atoms with Gasteiger partial charge in [-0.2, -0.15) is 0 Å². The molecule has 1 nitrogen and oxygen atoms in total. The molecule has 2 aliphatic rings. The van der Waals surface area contributed by atoms with Gasteiger partial charge in [0.25, 0.3) is 0 Å². The molecule has 3 rings (SSSR count). The normalized spacial score (nSPS) is 24.4. The fraction of sp³-hybridized carbons (Fsp3) is 0.625. The Hall–Kier alpha value is -0.690. The standard InChI is InChI=1S/C16H22ClN/c1-11-7-8-15(17)14-9-13(10-18-16(11)14)12-5-3-2-4-6-12/h7-8,12-13,18H,2-6,9-10H2,1H3. The second-order valence-electron chi connectivity index (χ2n) is 5.96. The average Bonchev–Trinajstić information content (AvgIpc) is 2.44. The minimum absolute atomic E-state index is 0.789. The Morgan fingerprint density at radius 3 is 2.67 bits per heavy atom. The van der Waals surface area contributed by atoms with Gasteiger partial charge in [0.15, 0.2) is 0 Å². The van der Waals surface area contributed by atoms with Crippen LogP contribution in [0.2, 0.25) is 5.02 Å². The van der Waals surface area contributed by atoms with Crippen LogP contribution in [0.1, 0.15) is 43.2 Å². The van der Waals surface area contributed by atoms with Crippen molar-refractivity contribution < 1.29 is 0 Å². The van der Waals surface area contributed by atoms with E-state index in [2.05, 4.69) is 24.4 Å². The maximum absolute atomic E-state index is 6.38. The Kier molecular flexibility index (Phi) is 3.52. The fourth-order valence-electron chi connectivity index (χ4n) is 3.69. The number of fused-ring (bicyclic) bond motifs is 1. The smallest absolute Gasteiger partial charge is 0.0458 e. The van der Waals surface area contributed by atoms with Gasteiger partial charge in [0.05, 0.1) is 0 Å². The van der Waals surface area contributed by atoms with Crippen LogP contribution in [-0.2, 0) is 6.42 Å². The average molecular weight is 264 g/mol. The van der Waals surface area contributed by atoms with Gasteiger partial charge in [0.1, 0.15) is 0 Å². The largest absolute Gasteiger partial charge is 0.384 e. The van der Waals surface area contributed by atoms with E-state index in [0.29, 0.717) is 0 Å². The van der Waals surface area contributed by atoms with E-state index in [1.165, 1.54) is 55.3 Å². The summed E-state index contributed by atoms with van der Waals surface area (Å²) in [5.41, 5.74) is 3.99. The molecule has 1 aliphatic heterocycles. The van der Waals surface area contributed by atoms with Crippen LogP contribution in [0.15, 0.2) is 12.1 Å². The van der Waals surface area contributed by atoms with Crippen LogP contribution in [0.25, 0.3) is 0 Å². The lowest BCUT2D eigenvalue weighted by molar-refractivity contribution is 0.252. The monoisotopic (exact) mass is 263 g/mol. The van der Waals surface area contributed by atoms with Gasteiger partial charge in [0, 0.05) is 17.3 Å². The summed E-state index contributed by atoms with van der Waals surface area (Å²) in [6.45, 7) is 3.31. The van der Waals surface area contributed by atoms with Crippen molar-refractivity contribution in [1.82, 2.24) is 0 Å². The van der Waals surface area contributed by atoms with E-state index < -0.39 is 0 Å². The van der Waals surface area contributed by atoms with E-state index in [1.807, 2.05) is 0 Å². The van der Waals surface area contributed by atoms with Crippen molar-refractivity contribution >= 4 is 17.3 Å². The van der Waals surface area contributed by atoms with E-state index in [-0.39, 0.29) is 0 Å². The van der Waals surface area contributed by atoms with Gasteiger partial charge in [0.2, 0.25) is 0 Å². The molecule has 1 unspecified atom stereocenters. The van der Waals surface area contributed by atoms with Crippen LogP contribution in [-0.4, -0.2) is 6.54 Å². The Bertz CT molecular complexity index is 435. The minimum Gasteiger partial charge on any atom is -0.384 e. The summed E-state index contributed by atoms with van der Waals surface area (Å²) >= 11 is 6.38. The first kappa shape index (κ1) is 12.3. The van der Waals surface area contributed by atoms with Crippen LogP contribution < -0.4 is 5.32 Å². The second-order valence-corrected chi connectivity index (χ2v) is 6.37. The van der Waals surface area contributed by atoms with E-state index in [0.717, 1.165) is 23.4 Å². The molecule has 1 fully saturated rings. The highest BCUT2D eigenvalue weighted by atomic mass is 35.5. The summed E-state index contributed by atoms with van der Waals surface area (Å²) in [4.78, 5) is 0. The highest BCUT2D eigenvalue weighted by Gasteiger charge is 2.28. The Labute approximate surface area is 115 Å². The van der Waals surface area contributed by atoms with Crippen LogP contribution in [0.4, 0.5) is 5.69 Å². The second kappa shape index (κ2) is 5.13. The SMILES string of the molecule is Cc1ccc(Cl)c2c1NCC(C1CCCCC1)C2. The molecule has 1 N–H and O–H groups in total. The van der Waals surface area contributed by atoms with Crippen molar-refractivity contribution in [2.45, 2.75) is 45.4 Å². The maximum atomic E-state index is 6.38. The van der Waals surface area contributed by atoms with Crippen molar-refractivity contribution in [2.24, 2.45) is 11.8 Å². The molecule has 1 saturated carbocycles. The molecule has 1 aromatic rings. The Morgan fingerprint density at radius 2 is 1.89 bits per heavy atom. The first-order chi connectivity index (χ1) is 8.75. The lowest BCUT2D eigenvalue weighted by atomic mass is 9.75. The molecule has 1 atom stereocenters. The molecule has 0 saturated heterocycles. The van der Waals surface area contributed by atoms with E-state index >= 15 is 0 Å². The van der Waals surface area contributed by atoms with Gasteiger partial charge in [-0.3, -0.25) is 0 Å². The van der Waals surface area contributed by atoms with Crippen molar-refractivity contribution in [1.29, 1.82) is 0 Å². The molecule has 1 aliphatic carbocycles. The number of hydrogen-bond donors (Lipinski definition) is 1. The van der Waals surface area contributed by atoms with Crippen molar-refractivity contribution in [2.75, 3.05) is 11.9 Å². The van der Waals surface area contributed by atoms with Gasteiger partial charge in [-0.1, -0.05) is 49.8 Å². The number of hydrogen-bond acceptors (Lipinski definition) is 1.